The molecule has 0 fully saturated rings. The summed E-state index contributed by atoms with van der Waals surface area (Å²) >= 11 is 3.38. The Hall–Kier alpha value is -1.95. The van der Waals surface area contributed by atoms with Crippen LogP contribution >= 0.6 is 15.9 Å². The number of aromatic nitrogens is 2. The summed E-state index contributed by atoms with van der Waals surface area (Å²) in [6.07, 6.45) is 3.16. The van der Waals surface area contributed by atoms with Crippen LogP contribution in [-0.2, 0) is 15.1 Å². The molecule has 0 aliphatic rings. The van der Waals surface area contributed by atoms with Gasteiger partial charge < -0.3 is 10.1 Å². The van der Waals surface area contributed by atoms with Crippen LogP contribution in [0.25, 0.3) is 0 Å². The average Bonchev–Trinajstić information content (AvgIpc) is 2.49. The molecule has 0 aliphatic carbocycles. The number of rotatable bonds is 4. The van der Waals surface area contributed by atoms with Gasteiger partial charge >= 0.3 is 5.97 Å². The molecule has 0 aliphatic heterocycles. The molecule has 0 spiro atoms. The summed E-state index contributed by atoms with van der Waals surface area (Å²) in [6, 6.07) is 7.53. The number of anilines is 1. The number of esters is 1. The number of benzene rings is 1. The van der Waals surface area contributed by atoms with Gasteiger partial charge in [-0.15, -0.1) is 0 Å². The van der Waals surface area contributed by atoms with Crippen molar-refractivity contribution in [2.24, 2.45) is 0 Å². The van der Waals surface area contributed by atoms with Crippen LogP contribution in [0, 0.1) is 6.92 Å². The lowest BCUT2D eigenvalue weighted by atomic mass is 9.95. The van der Waals surface area contributed by atoms with Gasteiger partial charge in [-0.1, -0.05) is 15.9 Å². The number of hydrogen-bond acceptors (Lipinski definition) is 5. The van der Waals surface area contributed by atoms with Gasteiger partial charge in [0.1, 0.15) is 0 Å². The van der Waals surface area contributed by atoms with Crippen LogP contribution in [0.5, 0.6) is 0 Å². The van der Waals surface area contributed by atoms with Crippen molar-refractivity contribution in [1.82, 2.24) is 9.97 Å². The zero-order valence-corrected chi connectivity index (χ0v) is 13.6. The molecule has 0 amide bonds. The molecule has 6 heteroatoms. The first kappa shape index (κ1) is 15.4. The van der Waals surface area contributed by atoms with Crippen molar-refractivity contribution in [3.05, 3.63) is 52.5 Å². The summed E-state index contributed by atoms with van der Waals surface area (Å²) in [4.78, 5) is 20.8. The van der Waals surface area contributed by atoms with Crippen LogP contribution < -0.4 is 5.32 Å². The molecule has 2 rings (SSSR count). The highest BCUT2D eigenvalue weighted by Crippen LogP contribution is 2.28. The second-order valence-electron chi connectivity index (χ2n) is 4.74. The Balaban J connectivity index is 2.45. The van der Waals surface area contributed by atoms with Crippen LogP contribution in [0.15, 0.2) is 41.1 Å². The van der Waals surface area contributed by atoms with E-state index in [1.54, 1.807) is 19.3 Å². The minimum atomic E-state index is -1.11. The van der Waals surface area contributed by atoms with Crippen molar-refractivity contribution in [3.8, 4) is 0 Å². The first-order chi connectivity index (χ1) is 9.97. The van der Waals surface area contributed by atoms with Crippen LogP contribution in [-0.4, -0.2) is 23.0 Å². The lowest BCUT2D eigenvalue weighted by molar-refractivity contribution is -0.145. The van der Waals surface area contributed by atoms with Crippen LogP contribution in [0.1, 0.15) is 18.3 Å². The molecule has 0 saturated heterocycles. The normalized spacial score (nSPS) is 13.3. The molecule has 1 N–H and O–H groups in total. The molecular formula is C15H16BrN3O2. The van der Waals surface area contributed by atoms with E-state index in [1.807, 2.05) is 31.2 Å². The Kier molecular flexibility index (Phi) is 4.57. The number of nitrogens with zero attached hydrogens (tertiary/aromatic N) is 2. The Labute approximate surface area is 131 Å². The average molecular weight is 350 g/mol. The van der Waals surface area contributed by atoms with Crippen LogP contribution in [0.3, 0.4) is 0 Å². The maximum Gasteiger partial charge on any atom is 0.337 e. The van der Waals surface area contributed by atoms with E-state index in [-0.39, 0.29) is 0 Å². The molecule has 5 nitrogen and oxygen atoms in total. The highest BCUT2D eigenvalue weighted by atomic mass is 79.9. The molecule has 1 aromatic heterocycles. The molecule has 0 saturated carbocycles. The number of halogens is 1. The smallest absolute Gasteiger partial charge is 0.337 e. The summed E-state index contributed by atoms with van der Waals surface area (Å²) in [5, 5.41) is 3.19. The number of carbonyl (C=O) groups is 1. The number of carbonyl (C=O) groups excluding carboxylic acids is 1. The molecule has 110 valence electrons. The first-order valence-corrected chi connectivity index (χ1v) is 7.17. The lowest BCUT2D eigenvalue weighted by Crippen LogP contribution is -2.43. The van der Waals surface area contributed by atoms with E-state index in [0.29, 0.717) is 11.4 Å². The zero-order valence-electron chi connectivity index (χ0n) is 12.1. The quantitative estimate of drug-likeness (QED) is 0.859. The van der Waals surface area contributed by atoms with Crippen molar-refractivity contribution in [1.29, 1.82) is 0 Å². The van der Waals surface area contributed by atoms with E-state index < -0.39 is 11.5 Å². The molecule has 21 heavy (non-hydrogen) atoms. The number of aryl methyl sites for hydroxylation is 1. The minimum Gasteiger partial charge on any atom is -0.467 e. The van der Waals surface area contributed by atoms with Crippen molar-refractivity contribution in [2.75, 3.05) is 12.4 Å². The maximum atomic E-state index is 12.3. The van der Waals surface area contributed by atoms with E-state index in [9.17, 15) is 4.79 Å². The topological polar surface area (TPSA) is 64.1 Å². The third kappa shape index (κ3) is 3.21. The third-order valence-corrected chi connectivity index (χ3v) is 3.72. The van der Waals surface area contributed by atoms with Gasteiger partial charge in [-0.2, -0.15) is 0 Å². The lowest BCUT2D eigenvalue weighted by Gasteiger charge is -2.29. The highest BCUT2D eigenvalue weighted by Gasteiger charge is 2.39. The van der Waals surface area contributed by atoms with Crippen molar-refractivity contribution < 1.29 is 9.53 Å². The van der Waals surface area contributed by atoms with Gasteiger partial charge in [0.2, 0.25) is 0 Å². The van der Waals surface area contributed by atoms with Crippen molar-refractivity contribution >= 4 is 27.6 Å². The van der Waals surface area contributed by atoms with Crippen LogP contribution in [0.2, 0.25) is 0 Å². The number of nitrogens with one attached hydrogen (secondary N) is 1. The highest BCUT2D eigenvalue weighted by molar-refractivity contribution is 9.10. The third-order valence-electron chi connectivity index (χ3n) is 3.19. The Bertz CT molecular complexity index is 646. The number of methoxy groups -OCH3 is 1. The van der Waals surface area contributed by atoms with E-state index in [4.69, 9.17) is 4.74 Å². The number of hydrogen-bond donors (Lipinski definition) is 1. The largest absolute Gasteiger partial charge is 0.467 e. The minimum absolute atomic E-state index is 0.422. The fourth-order valence-corrected chi connectivity index (χ4v) is 2.40. The molecule has 1 aromatic carbocycles. The van der Waals surface area contributed by atoms with E-state index in [0.717, 1.165) is 10.2 Å². The molecule has 1 unspecified atom stereocenters. The summed E-state index contributed by atoms with van der Waals surface area (Å²) in [5.41, 5.74) is 0.895. The Morgan fingerprint density at radius 1 is 1.24 bits per heavy atom. The Morgan fingerprint density at radius 3 is 2.43 bits per heavy atom. The molecule has 1 atom stereocenters. The molecule has 1 heterocycles. The maximum absolute atomic E-state index is 12.3. The number of ether oxygens (including phenoxy) is 1. The molecule has 2 aromatic rings. The standard InChI is InChI=1S/C15H16BrN3O2/c1-10-13(18-9-8-17-10)15(2,14(20)21-3)19-12-6-4-11(16)5-7-12/h4-9,19H,1-3H3. The van der Waals surface area contributed by atoms with Crippen molar-refractivity contribution in [3.63, 3.8) is 0 Å². The first-order valence-electron chi connectivity index (χ1n) is 6.37. The Morgan fingerprint density at radius 2 is 1.86 bits per heavy atom. The predicted octanol–water partition coefficient (Wildman–Crippen LogP) is 3.05. The second-order valence-corrected chi connectivity index (χ2v) is 5.65. The van der Waals surface area contributed by atoms with Gasteiger partial charge in [-0.25, -0.2) is 4.79 Å². The van der Waals surface area contributed by atoms with Gasteiger partial charge in [0, 0.05) is 22.6 Å². The van der Waals surface area contributed by atoms with E-state index >= 15 is 0 Å². The summed E-state index contributed by atoms with van der Waals surface area (Å²) in [6.45, 7) is 3.55. The van der Waals surface area contributed by atoms with Gasteiger partial charge in [0.15, 0.2) is 5.54 Å². The summed E-state index contributed by atoms with van der Waals surface area (Å²) in [5.74, 6) is -0.422. The van der Waals surface area contributed by atoms with Gasteiger partial charge in [0.05, 0.1) is 18.5 Å². The SMILES string of the molecule is COC(=O)C(C)(Nc1ccc(Br)cc1)c1nccnc1C. The second kappa shape index (κ2) is 6.22. The molecular weight excluding hydrogens is 334 g/mol. The van der Waals surface area contributed by atoms with Crippen molar-refractivity contribution in [2.45, 2.75) is 19.4 Å². The van der Waals surface area contributed by atoms with Gasteiger partial charge in [0.25, 0.3) is 0 Å². The molecule has 0 bridgehead atoms. The fourth-order valence-electron chi connectivity index (χ4n) is 2.13. The van der Waals surface area contributed by atoms with Crippen LogP contribution in [0.4, 0.5) is 5.69 Å². The summed E-state index contributed by atoms with van der Waals surface area (Å²) in [7, 11) is 1.36. The zero-order chi connectivity index (χ0) is 15.5. The van der Waals surface area contributed by atoms with E-state index in [1.165, 1.54) is 7.11 Å². The van der Waals surface area contributed by atoms with Gasteiger partial charge in [-0.05, 0) is 38.1 Å². The predicted molar refractivity (Wildman–Crippen MR) is 83.9 cm³/mol. The monoisotopic (exact) mass is 349 g/mol. The fraction of sp³-hybridized carbons (Fsp3) is 0.267. The van der Waals surface area contributed by atoms with Gasteiger partial charge in [-0.3, -0.25) is 9.97 Å². The molecule has 0 radical (unpaired) electrons. The summed E-state index contributed by atoms with van der Waals surface area (Å²) < 4.78 is 5.90. The van der Waals surface area contributed by atoms with E-state index in [2.05, 4.69) is 31.2 Å².